The van der Waals surface area contributed by atoms with Gasteiger partial charge >= 0.3 is 0 Å². The second-order valence-electron chi connectivity index (χ2n) is 8.71. The minimum atomic E-state index is -4.40. The summed E-state index contributed by atoms with van der Waals surface area (Å²) in [5.74, 6) is 0.0185. The van der Waals surface area contributed by atoms with E-state index in [1.165, 1.54) is 25.2 Å². The highest BCUT2D eigenvalue weighted by Gasteiger charge is 2.23. The highest BCUT2D eigenvalue weighted by atomic mass is 32.2. The molecule has 1 saturated heterocycles. The van der Waals surface area contributed by atoms with E-state index in [0.29, 0.717) is 6.42 Å². The van der Waals surface area contributed by atoms with Crippen molar-refractivity contribution in [3.8, 4) is 17.1 Å². The molecule has 1 fully saturated rings. The average molecular weight is 524 g/mol. The number of nitrogens with zero attached hydrogens (tertiary/aromatic N) is 4. The summed E-state index contributed by atoms with van der Waals surface area (Å²) in [7, 11) is -1.13. The zero-order valence-corrected chi connectivity index (χ0v) is 21.4. The van der Waals surface area contributed by atoms with E-state index in [1.807, 2.05) is 18.9 Å². The lowest BCUT2D eigenvalue weighted by molar-refractivity contribution is 0.297. The third-order valence-corrected chi connectivity index (χ3v) is 7.43. The molecule has 0 aliphatic carbocycles. The van der Waals surface area contributed by atoms with Crippen molar-refractivity contribution >= 4 is 21.1 Å². The Hall–Kier alpha value is -2.76. The summed E-state index contributed by atoms with van der Waals surface area (Å²) in [6.45, 7) is -1.95. The predicted octanol–water partition coefficient (Wildman–Crippen LogP) is 2.83. The van der Waals surface area contributed by atoms with Crippen molar-refractivity contribution in [2.24, 2.45) is 7.05 Å². The summed E-state index contributed by atoms with van der Waals surface area (Å²) in [5, 5.41) is 4.08. The minimum absolute atomic E-state index is 0.0408. The number of aryl methyl sites for hydroxylation is 2. The van der Waals surface area contributed by atoms with E-state index in [-0.39, 0.29) is 57.8 Å². The molecule has 0 bridgehead atoms. The summed E-state index contributed by atoms with van der Waals surface area (Å²) in [4.78, 5) is 21.9. The van der Waals surface area contributed by atoms with Crippen molar-refractivity contribution < 1.29 is 22.7 Å². The molecule has 196 valence electrons. The fourth-order valence-corrected chi connectivity index (χ4v) is 5.17. The van der Waals surface area contributed by atoms with E-state index in [4.69, 9.17) is 14.3 Å². The molecule has 2 aromatic heterocycles. The maximum absolute atomic E-state index is 13.4. The third-order valence-electron chi connectivity index (χ3n) is 6.14. The SMILES string of the molecule is [2H]C([2H])([2H])CC([2H])([2H])c1nn(C)c2c(=O)[nH]c(-c3cc(S(=O)(=O)NC([2H])([2H])CC4CCCN4C)ccc3OCCC)nc12. The van der Waals surface area contributed by atoms with Crippen LogP contribution in [0.5, 0.6) is 5.75 Å². The van der Waals surface area contributed by atoms with Gasteiger partial charge in [0.25, 0.3) is 5.56 Å². The zero-order valence-electron chi connectivity index (χ0n) is 27.6. The maximum atomic E-state index is 13.4. The molecule has 4 rings (SSSR count). The van der Waals surface area contributed by atoms with E-state index in [0.717, 1.165) is 24.1 Å². The monoisotopic (exact) mass is 523 g/mol. The summed E-state index contributed by atoms with van der Waals surface area (Å²) in [6, 6.07) is 3.72. The van der Waals surface area contributed by atoms with Crippen molar-refractivity contribution in [2.75, 3.05) is 26.7 Å². The summed E-state index contributed by atoms with van der Waals surface area (Å²) >= 11 is 0. The normalized spacial score (nSPS) is 20.8. The molecule has 36 heavy (non-hydrogen) atoms. The van der Waals surface area contributed by atoms with Crippen LogP contribution in [-0.4, -0.2) is 65.8 Å². The molecular weight excluding hydrogens is 480 g/mol. The molecule has 0 saturated carbocycles. The number of fused-ring (bicyclic) bond motifs is 1. The Balaban J connectivity index is 1.81. The molecule has 1 aromatic carbocycles. The second kappa shape index (κ2) is 11.1. The first-order chi connectivity index (χ1) is 19.8. The smallest absolute Gasteiger partial charge is 0.277 e. The third kappa shape index (κ3) is 5.47. The highest BCUT2D eigenvalue weighted by Crippen LogP contribution is 2.31. The molecular formula is C25H36N6O4S. The van der Waals surface area contributed by atoms with Gasteiger partial charge in [-0.2, -0.15) is 5.10 Å². The Morgan fingerprint density at radius 2 is 2.17 bits per heavy atom. The zero-order chi connectivity index (χ0) is 32.0. The fourth-order valence-electron chi connectivity index (χ4n) is 4.26. The molecule has 0 amide bonds. The van der Waals surface area contributed by atoms with Gasteiger partial charge in [-0.05, 0) is 63.8 Å². The van der Waals surface area contributed by atoms with Crippen molar-refractivity contribution in [3.63, 3.8) is 0 Å². The maximum Gasteiger partial charge on any atom is 0.277 e. The fraction of sp³-hybridized carbons (Fsp3) is 0.560. The Morgan fingerprint density at radius 3 is 2.89 bits per heavy atom. The Kier molecular flexibility index (Phi) is 5.70. The van der Waals surface area contributed by atoms with Crippen LogP contribution in [0.4, 0.5) is 0 Å². The summed E-state index contributed by atoms with van der Waals surface area (Å²) in [5.41, 5.74) is -1.28. The van der Waals surface area contributed by atoms with E-state index in [1.54, 1.807) is 0 Å². The largest absolute Gasteiger partial charge is 0.493 e. The van der Waals surface area contributed by atoms with E-state index >= 15 is 0 Å². The summed E-state index contributed by atoms with van der Waals surface area (Å²) in [6.07, 6.45) is -1.12. The van der Waals surface area contributed by atoms with Crippen molar-refractivity contribution in [1.29, 1.82) is 0 Å². The lowest BCUT2D eigenvalue weighted by atomic mass is 10.1. The number of rotatable bonds is 11. The van der Waals surface area contributed by atoms with Crippen LogP contribution >= 0.6 is 0 Å². The van der Waals surface area contributed by atoms with Gasteiger partial charge in [-0.25, -0.2) is 18.1 Å². The molecule has 1 aliphatic heterocycles. The molecule has 10 nitrogen and oxygen atoms in total. The van der Waals surface area contributed by atoms with Crippen LogP contribution in [0.3, 0.4) is 0 Å². The molecule has 3 heterocycles. The number of nitrogens with one attached hydrogen (secondary N) is 2. The molecule has 11 heteroatoms. The number of H-pyrrole nitrogens is 1. The minimum Gasteiger partial charge on any atom is -0.493 e. The second-order valence-corrected chi connectivity index (χ2v) is 10.4. The Labute approximate surface area is 222 Å². The van der Waals surface area contributed by atoms with Crippen LogP contribution in [0.2, 0.25) is 0 Å². The topological polar surface area (TPSA) is 122 Å². The molecule has 1 unspecified atom stereocenters. The van der Waals surface area contributed by atoms with Gasteiger partial charge in [0.2, 0.25) is 10.0 Å². The van der Waals surface area contributed by atoms with E-state index in [2.05, 4.69) is 19.8 Å². The number of ether oxygens (including phenoxy) is 1. The van der Waals surface area contributed by atoms with Gasteiger partial charge < -0.3 is 14.6 Å². The van der Waals surface area contributed by atoms with Crippen LogP contribution in [0.25, 0.3) is 22.4 Å². The highest BCUT2D eigenvalue weighted by molar-refractivity contribution is 7.89. The van der Waals surface area contributed by atoms with Gasteiger partial charge in [-0.1, -0.05) is 20.2 Å². The standard InChI is InChI=1S/C25H36N6O4S/c1-5-8-20-22-23(31(4)29-20)25(32)28-24(27-22)19-16-18(10-11-21(19)35-15-6-2)36(33,34)26-13-12-17-9-7-14-30(17)3/h10-11,16-17,26H,5-9,12-15H2,1-4H3,(H,27,28,32)/i1D3,8D2,13D2. The van der Waals surface area contributed by atoms with Gasteiger partial charge in [0.05, 0.1) is 22.8 Å². The molecule has 3 aromatic rings. The lowest BCUT2D eigenvalue weighted by Crippen LogP contribution is -2.31. The predicted molar refractivity (Wildman–Crippen MR) is 140 cm³/mol. The number of hydrogen-bond acceptors (Lipinski definition) is 7. The molecule has 0 radical (unpaired) electrons. The number of sulfonamides is 1. The van der Waals surface area contributed by atoms with Crippen LogP contribution in [0, 0.1) is 0 Å². The number of aromatic amines is 1. The molecule has 0 spiro atoms. The Bertz CT molecular complexity index is 1660. The number of likely N-dealkylation sites (tertiary alicyclic amines) is 1. The number of aromatic nitrogens is 4. The quantitative estimate of drug-likeness (QED) is 0.396. The molecule has 1 atom stereocenters. The first-order valence-electron chi connectivity index (χ1n) is 15.3. The van der Waals surface area contributed by atoms with Crippen molar-refractivity contribution in [2.45, 2.75) is 63.2 Å². The van der Waals surface area contributed by atoms with Crippen molar-refractivity contribution in [1.82, 2.24) is 29.4 Å². The van der Waals surface area contributed by atoms with Gasteiger partial charge in [0.15, 0.2) is 5.52 Å². The average Bonchev–Trinajstić information content (AvgIpc) is 3.42. The van der Waals surface area contributed by atoms with Crippen LogP contribution in [0.1, 0.15) is 61.2 Å². The molecule has 2 N–H and O–H groups in total. The van der Waals surface area contributed by atoms with E-state index < -0.39 is 41.7 Å². The van der Waals surface area contributed by atoms with Gasteiger partial charge in [-0.15, -0.1) is 0 Å². The van der Waals surface area contributed by atoms with Crippen molar-refractivity contribution in [3.05, 3.63) is 34.2 Å². The summed E-state index contributed by atoms with van der Waals surface area (Å²) < 4.78 is 92.1. The lowest BCUT2D eigenvalue weighted by Gasteiger charge is -2.19. The molecule has 1 aliphatic rings. The first kappa shape index (κ1) is 18.5. The Morgan fingerprint density at radius 1 is 1.33 bits per heavy atom. The van der Waals surface area contributed by atoms with Gasteiger partial charge in [0, 0.05) is 29.2 Å². The van der Waals surface area contributed by atoms with Gasteiger partial charge in [0.1, 0.15) is 17.1 Å². The first-order valence-corrected chi connectivity index (χ1v) is 13.3. The number of benzene rings is 1. The number of hydrogen-bond donors (Lipinski definition) is 2. The van der Waals surface area contributed by atoms with Gasteiger partial charge in [-0.3, -0.25) is 9.48 Å². The van der Waals surface area contributed by atoms with E-state index in [9.17, 15) is 13.2 Å². The van der Waals surface area contributed by atoms with Crippen LogP contribution in [0.15, 0.2) is 27.9 Å². The van der Waals surface area contributed by atoms with Crippen LogP contribution < -0.4 is 15.0 Å². The van der Waals surface area contributed by atoms with Crippen LogP contribution in [-0.2, 0) is 23.4 Å².